The van der Waals surface area contributed by atoms with Crippen molar-refractivity contribution in [3.8, 4) is 0 Å². The van der Waals surface area contributed by atoms with E-state index < -0.39 is 33.5 Å². The van der Waals surface area contributed by atoms with Crippen LogP contribution in [0.4, 0.5) is 5.95 Å². The van der Waals surface area contributed by atoms with E-state index in [0.717, 1.165) is 11.3 Å². The quantitative estimate of drug-likeness (QED) is 0.528. The number of nitrogens with one attached hydrogen (secondary N) is 2. The lowest BCUT2D eigenvalue weighted by Gasteiger charge is -2.19. The summed E-state index contributed by atoms with van der Waals surface area (Å²) in [6.45, 7) is 1.81. The van der Waals surface area contributed by atoms with Gasteiger partial charge in [-0.2, -0.15) is 4.98 Å². The molecule has 12 heteroatoms. The number of aliphatic hydroxyl groups is 1. The Balaban J connectivity index is 2.08. The number of carbonyl (C=O) groups is 1. The summed E-state index contributed by atoms with van der Waals surface area (Å²) < 4.78 is 7.27. The number of fused-ring (bicyclic) bond motifs is 1. The fraction of sp³-hybridized carbons (Fsp3) is 0.571. The summed E-state index contributed by atoms with van der Waals surface area (Å²) in [7, 11) is 1.52. The maximum Gasteiger partial charge on any atom is 0.311 e. The van der Waals surface area contributed by atoms with Crippen molar-refractivity contribution in [2.75, 3.05) is 12.8 Å². The Morgan fingerprint density at radius 1 is 1.54 bits per heavy atom. The summed E-state index contributed by atoms with van der Waals surface area (Å²) >= 11 is 2.02. The van der Waals surface area contributed by atoms with Gasteiger partial charge in [-0.1, -0.05) is 18.3 Å². The molecule has 1 aliphatic heterocycles. The van der Waals surface area contributed by atoms with Crippen molar-refractivity contribution in [3.05, 3.63) is 20.0 Å². The highest BCUT2D eigenvalue weighted by Crippen LogP contribution is 2.43. The van der Waals surface area contributed by atoms with Gasteiger partial charge in [-0.3, -0.25) is 23.9 Å². The molecule has 1 fully saturated rings. The third kappa shape index (κ3) is 3.37. The minimum atomic E-state index is -0.849. The smallest absolute Gasteiger partial charge is 0.311 e. The fourth-order valence-electron chi connectivity index (χ4n) is 2.70. The molecule has 10 nitrogen and oxygen atoms in total. The van der Waals surface area contributed by atoms with Gasteiger partial charge in [0, 0.05) is 13.5 Å². The largest absolute Gasteiger partial charge is 0.390 e. The molecule has 1 unspecified atom stereocenters. The number of ether oxygens (including phenoxy) is 1. The van der Waals surface area contributed by atoms with Gasteiger partial charge in [-0.25, -0.2) is 0 Å². The third-order valence-corrected chi connectivity index (χ3v) is 6.43. The highest BCUT2D eigenvalue weighted by molar-refractivity contribution is 8.00. The molecule has 3 heterocycles. The van der Waals surface area contributed by atoms with Crippen molar-refractivity contribution in [2.24, 2.45) is 0 Å². The minimum Gasteiger partial charge on any atom is -0.390 e. The van der Waals surface area contributed by atoms with E-state index in [-0.39, 0.29) is 28.6 Å². The van der Waals surface area contributed by atoms with Crippen molar-refractivity contribution in [1.82, 2.24) is 19.9 Å². The van der Waals surface area contributed by atoms with E-state index in [2.05, 4.69) is 15.3 Å². The molecule has 26 heavy (non-hydrogen) atoms. The normalized spacial score (nSPS) is 24.0. The molecule has 0 aromatic carbocycles. The minimum absolute atomic E-state index is 0.0845. The van der Waals surface area contributed by atoms with Gasteiger partial charge >= 0.3 is 4.87 Å². The van der Waals surface area contributed by atoms with E-state index in [0.29, 0.717) is 6.42 Å². The number of rotatable bonds is 5. The van der Waals surface area contributed by atoms with E-state index in [1.54, 1.807) is 0 Å². The van der Waals surface area contributed by atoms with Gasteiger partial charge in [0.15, 0.2) is 11.9 Å². The molecule has 2 aromatic heterocycles. The lowest BCUT2D eigenvalue weighted by Crippen LogP contribution is -2.31. The van der Waals surface area contributed by atoms with Gasteiger partial charge in [-0.15, -0.1) is 11.8 Å². The fourth-order valence-corrected chi connectivity index (χ4v) is 5.01. The first kappa shape index (κ1) is 18.9. The molecule has 2 aromatic rings. The van der Waals surface area contributed by atoms with Gasteiger partial charge in [0.2, 0.25) is 11.9 Å². The van der Waals surface area contributed by atoms with E-state index >= 15 is 0 Å². The molecular weight excluding hydrogens is 382 g/mol. The summed E-state index contributed by atoms with van der Waals surface area (Å²) in [5.41, 5.74) is 4.62. The van der Waals surface area contributed by atoms with Crippen LogP contribution in [0, 0.1) is 0 Å². The standard InChI is InChI=1S/C14H19N5O5S2/c1-3-5(20)12-24-11(6(25-12)4-7(21)16-2)19-9-8(26-14(19)23)10(22)18-13(15)17-9/h5-6,11-12,20H,3-4H2,1-2H3,(H,16,21)(H3,15,17,18,22)/t5?,6-,11+,12+/m0/s1. The Morgan fingerprint density at radius 2 is 2.27 bits per heavy atom. The number of aromatic amines is 1. The first-order valence-electron chi connectivity index (χ1n) is 7.96. The van der Waals surface area contributed by atoms with Crippen LogP contribution in [0.1, 0.15) is 26.0 Å². The highest BCUT2D eigenvalue weighted by atomic mass is 32.2. The number of amides is 1. The predicted octanol–water partition coefficient (Wildman–Crippen LogP) is -0.408. The van der Waals surface area contributed by atoms with Gasteiger partial charge in [0.05, 0.1) is 11.4 Å². The molecule has 0 aliphatic carbocycles. The van der Waals surface area contributed by atoms with Crippen LogP contribution < -0.4 is 21.5 Å². The number of nitrogens with two attached hydrogens (primary N) is 1. The Kier molecular flexibility index (Phi) is 5.37. The number of aliphatic hydroxyl groups excluding tert-OH is 1. The topological polar surface area (TPSA) is 152 Å². The highest BCUT2D eigenvalue weighted by Gasteiger charge is 2.42. The second-order valence-electron chi connectivity index (χ2n) is 5.76. The molecule has 3 rings (SSSR count). The molecule has 0 saturated carbocycles. The molecule has 1 aliphatic rings. The average Bonchev–Trinajstić information content (AvgIpc) is 3.14. The van der Waals surface area contributed by atoms with Crippen LogP contribution in [0.2, 0.25) is 0 Å². The SMILES string of the molecule is CCC(O)[C@@H]1O[C@@H](n2c(=O)sc3c(=O)[nH]c(N)nc32)[C@H](CC(=O)NC)S1. The number of thiazole rings is 1. The summed E-state index contributed by atoms with van der Waals surface area (Å²) in [5.74, 6) is -0.340. The summed E-state index contributed by atoms with van der Waals surface area (Å²) in [6.07, 6.45) is -1.06. The molecule has 4 atom stereocenters. The number of hydrogen-bond donors (Lipinski definition) is 4. The van der Waals surface area contributed by atoms with Crippen LogP contribution in [-0.2, 0) is 9.53 Å². The summed E-state index contributed by atoms with van der Waals surface area (Å²) in [4.78, 5) is 42.4. The number of anilines is 1. The average molecular weight is 401 g/mol. The van der Waals surface area contributed by atoms with Gasteiger partial charge in [0.1, 0.15) is 10.1 Å². The van der Waals surface area contributed by atoms with Crippen molar-refractivity contribution in [2.45, 2.75) is 42.8 Å². The third-order valence-electron chi connectivity index (χ3n) is 4.04. The molecule has 0 radical (unpaired) electrons. The van der Waals surface area contributed by atoms with Gasteiger partial charge < -0.3 is 20.9 Å². The summed E-state index contributed by atoms with van der Waals surface area (Å²) in [5, 5.41) is 12.2. The molecule has 5 N–H and O–H groups in total. The maximum absolute atomic E-state index is 12.5. The van der Waals surface area contributed by atoms with E-state index in [1.807, 2.05) is 6.92 Å². The van der Waals surface area contributed by atoms with Crippen LogP contribution in [-0.4, -0.2) is 49.4 Å². The van der Waals surface area contributed by atoms with Crippen LogP contribution in [0.5, 0.6) is 0 Å². The summed E-state index contributed by atoms with van der Waals surface area (Å²) in [6, 6.07) is 0. The van der Waals surface area contributed by atoms with Gasteiger partial charge in [-0.05, 0) is 6.42 Å². The second kappa shape index (κ2) is 7.39. The van der Waals surface area contributed by atoms with E-state index in [4.69, 9.17) is 10.5 Å². The maximum atomic E-state index is 12.5. The first-order valence-corrected chi connectivity index (χ1v) is 9.72. The van der Waals surface area contributed by atoms with E-state index in [9.17, 15) is 19.5 Å². The molecule has 1 amide bonds. The first-order chi connectivity index (χ1) is 12.3. The van der Waals surface area contributed by atoms with Crippen LogP contribution in [0.3, 0.4) is 0 Å². The van der Waals surface area contributed by atoms with Crippen LogP contribution >= 0.6 is 23.1 Å². The second-order valence-corrected chi connectivity index (χ2v) is 8.07. The number of carbonyl (C=O) groups excluding carboxylic acids is 1. The Labute approximate surface area is 155 Å². The predicted molar refractivity (Wildman–Crippen MR) is 99.2 cm³/mol. The molecule has 1 saturated heterocycles. The molecule has 0 spiro atoms. The Morgan fingerprint density at radius 3 is 2.92 bits per heavy atom. The lowest BCUT2D eigenvalue weighted by atomic mass is 10.2. The van der Waals surface area contributed by atoms with E-state index in [1.165, 1.54) is 23.4 Å². The molecule has 0 bridgehead atoms. The van der Waals surface area contributed by atoms with Crippen molar-refractivity contribution < 1.29 is 14.6 Å². The van der Waals surface area contributed by atoms with Gasteiger partial charge in [0.25, 0.3) is 5.56 Å². The molecular formula is C14H19N5O5S2. The Bertz CT molecular complexity index is 938. The Hall–Kier alpha value is -1.89. The zero-order valence-corrected chi connectivity index (χ0v) is 15.7. The number of H-pyrrole nitrogens is 1. The number of hydrogen-bond acceptors (Lipinski definition) is 9. The number of nitrogens with zero attached hydrogens (tertiary/aromatic N) is 2. The zero-order chi connectivity index (χ0) is 19.0. The van der Waals surface area contributed by atoms with Crippen molar-refractivity contribution >= 4 is 45.3 Å². The lowest BCUT2D eigenvalue weighted by molar-refractivity contribution is -0.121. The monoisotopic (exact) mass is 401 g/mol. The van der Waals surface area contributed by atoms with Crippen molar-refractivity contribution in [3.63, 3.8) is 0 Å². The number of thioether (sulfide) groups is 1. The van der Waals surface area contributed by atoms with Crippen molar-refractivity contribution in [1.29, 1.82) is 0 Å². The zero-order valence-electron chi connectivity index (χ0n) is 14.1. The van der Waals surface area contributed by atoms with Crippen LogP contribution in [0.25, 0.3) is 10.3 Å². The van der Waals surface area contributed by atoms with Crippen LogP contribution in [0.15, 0.2) is 9.59 Å². The molecule has 142 valence electrons. The number of aromatic nitrogens is 3. The number of nitrogen functional groups attached to an aromatic ring is 1.